The zero-order valence-electron chi connectivity index (χ0n) is 15.2. The van der Waals surface area contributed by atoms with Gasteiger partial charge in [-0.1, -0.05) is 6.07 Å². The molecule has 2 amide bonds. The Hall–Kier alpha value is -2.50. The lowest BCUT2D eigenvalue weighted by Gasteiger charge is -2.27. The van der Waals surface area contributed by atoms with Gasteiger partial charge in [0.1, 0.15) is 5.75 Å². The van der Waals surface area contributed by atoms with Crippen LogP contribution in [-0.4, -0.2) is 41.4 Å². The van der Waals surface area contributed by atoms with Crippen LogP contribution in [0.2, 0.25) is 0 Å². The molecule has 6 nitrogen and oxygen atoms in total. The van der Waals surface area contributed by atoms with Gasteiger partial charge in [0.25, 0.3) is 0 Å². The van der Waals surface area contributed by atoms with Crippen molar-refractivity contribution in [2.45, 2.75) is 31.7 Å². The van der Waals surface area contributed by atoms with Crippen molar-refractivity contribution >= 4 is 6.03 Å². The van der Waals surface area contributed by atoms with E-state index in [1.54, 1.807) is 22.9 Å². The molecule has 1 aromatic carbocycles. The number of fused-ring (bicyclic) bond motifs is 1. The number of benzene rings is 1. The third-order valence-electron chi connectivity index (χ3n) is 4.81. The molecule has 1 aliphatic carbocycles. The number of aryl methyl sites for hydroxylation is 2. The van der Waals surface area contributed by atoms with Crippen molar-refractivity contribution in [1.82, 2.24) is 20.0 Å². The van der Waals surface area contributed by atoms with Crippen molar-refractivity contribution < 1.29 is 9.53 Å². The first-order valence-electron chi connectivity index (χ1n) is 8.70. The van der Waals surface area contributed by atoms with E-state index in [4.69, 9.17) is 4.74 Å². The van der Waals surface area contributed by atoms with Crippen LogP contribution >= 0.6 is 0 Å². The minimum Gasteiger partial charge on any atom is -0.497 e. The van der Waals surface area contributed by atoms with Gasteiger partial charge in [-0.2, -0.15) is 5.10 Å². The number of carbonyl (C=O) groups excluding carboxylic acids is 1. The fourth-order valence-corrected chi connectivity index (χ4v) is 3.47. The fourth-order valence-electron chi connectivity index (χ4n) is 3.47. The highest BCUT2D eigenvalue weighted by Gasteiger charge is 2.22. The average Bonchev–Trinajstić information content (AvgIpc) is 3.03. The Morgan fingerprint density at radius 1 is 1.48 bits per heavy atom. The first-order chi connectivity index (χ1) is 12.1. The van der Waals surface area contributed by atoms with Gasteiger partial charge in [0.05, 0.1) is 19.9 Å². The molecule has 0 radical (unpaired) electrons. The van der Waals surface area contributed by atoms with Crippen molar-refractivity contribution in [2.75, 3.05) is 20.7 Å². The monoisotopic (exact) mass is 342 g/mol. The van der Waals surface area contributed by atoms with E-state index >= 15 is 0 Å². The third kappa shape index (κ3) is 4.13. The first-order valence-corrected chi connectivity index (χ1v) is 8.70. The number of amides is 2. The number of urea groups is 1. The molecule has 3 rings (SSSR count). The topological polar surface area (TPSA) is 59.4 Å². The molecular weight excluding hydrogens is 316 g/mol. The maximum absolute atomic E-state index is 12.4. The van der Waals surface area contributed by atoms with E-state index in [9.17, 15) is 4.79 Å². The van der Waals surface area contributed by atoms with E-state index in [0.717, 1.165) is 30.6 Å². The summed E-state index contributed by atoms with van der Waals surface area (Å²) in [4.78, 5) is 14.1. The average molecular weight is 342 g/mol. The molecule has 1 aromatic heterocycles. The van der Waals surface area contributed by atoms with Crippen molar-refractivity contribution in [3.05, 3.63) is 47.3 Å². The molecule has 1 N–H and O–H groups in total. The summed E-state index contributed by atoms with van der Waals surface area (Å²) >= 11 is 0. The van der Waals surface area contributed by atoms with Gasteiger partial charge in [-0.05, 0) is 42.5 Å². The highest BCUT2D eigenvalue weighted by molar-refractivity contribution is 5.73. The number of carbonyl (C=O) groups is 1. The molecule has 6 heteroatoms. The molecule has 1 atom stereocenters. The van der Waals surface area contributed by atoms with E-state index in [1.807, 2.05) is 26.4 Å². The van der Waals surface area contributed by atoms with Crippen LogP contribution in [0, 0.1) is 0 Å². The van der Waals surface area contributed by atoms with E-state index < -0.39 is 0 Å². The van der Waals surface area contributed by atoms with Gasteiger partial charge in [0.15, 0.2) is 0 Å². The smallest absolute Gasteiger partial charge is 0.317 e. The second kappa shape index (κ2) is 7.59. The number of ether oxygens (including phenoxy) is 1. The lowest BCUT2D eigenvalue weighted by molar-refractivity contribution is 0.206. The van der Waals surface area contributed by atoms with Crippen molar-refractivity contribution in [1.29, 1.82) is 0 Å². The number of rotatable bonds is 5. The summed E-state index contributed by atoms with van der Waals surface area (Å²) in [6.45, 7) is 1.22. The summed E-state index contributed by atoms with van der Waals surface area (Å²) in [5, 5.41) is 7.21. The van der Waals surface area contributed by atoms with E-state index in [-0.39, 0.29) is 6.03 Å². The molecule has 0 saturated carbocycles. The van der Waals surface area contributed by atoms with Crippen LogP contribution in [0.3, 0.4) is 0 Å². The molecule has 0 aliphatic heterocycles. The molecule has 0 unspecified atom stereocenters. The van der Waals surface area contributed by atoms with Crippen molar-refractivity contribution in [2.24, 2.45) is 7.05 Å². The second-order valence-corrected chi connectivity index (χ2v) is 6.72. The minimum atomic E-state index is -0.0514. The van der Waals surface area contributed by atoms with Crippen LogP contribution in [0.5, 0.6) is 5.75 Å². The standard InChI is InChI=1S/C19H26N4O2/c1-22(12-14-10-21-23(2)13-14)19(24)20-11-16-6-4-5-15-9-17(25-3)7-8-18(15)16/h7-10,13,16H,4-6,11-12H2,1-3H3,(H,20,24)/t16-/m1/s1. The second-order valence-electron chi connectivity index (χ2n) is 6.72. The van der Waals surface area contributed by atoms with Gasteiger partial charge >= 0.3 is 6.03 Å². The molecule has 2 aromatic rings. The zero-order chi connectivity index (χ0) is 17.8. The van der Waals surface area contributed by atoms with Gasteiger partial charge in [0.2, 0.25) is 0 Å². The SMILES string of the molecule is COc1ccc2c(c1)CCC[C@@H]2CNC(=O)N(C)Cc1cnn(C)c1. The summed E-state index contributed by atoms with van der Waals surface area (Å²) in [5.74, 6) is 1.27. The Kier molecular flexibility index (Phi) is 5.26. The number of nitrogens with one attached hydrogen (secondary N) is 1. The quantitative estimate of drug-likeness (QED) is 0.909. The Balaban J connectivity index is 1.57. The Labute approximate surface area is 148 Å². The van der Waals surface area contributed by atoms with Crippen molar-refractivity contribution in [3.63, 3.8) is 0 Å². The molecule has 25 heavy (non-hydrogen) atoms. The highest BCUT2D eigenvalue weighted by atomic mass is 16.5. The minimum absolute atomic E-state index is 0.0514. The van der Waals surface area contributed by atoms with E-state index in [2.05, 4.69) is 22.5 Å². The Morgan fingerprint density at radius 3 is 3.04 bits per heavy atom. The number of hydrogen-bond acceptors (Lipinski definition) is 3. The summed E-state index contributed by atoms with van der Waals surface area (Å²) in [6.07, 6.45) is 7.04. The van der Waals surface area contributed by atoms with Crippen LogP contribution in [0.1, 0.15) is 35.4 Å². The Morgan fingerprint density at radius 2 is 2.32 bits per heavy atom. The predicted molar refractivity (Wildman–Crippen MR) is 96.7 cm³/mol. The number of hydrogen-bond donors (Lipinski definition) is 1. The predicted octanol–water partition coefficient (Wildman–Crippen LogP) is 2.69. The normalized spacial score (nSPS) is 16.2. The van der Waals surface area contributed by atoms with Gasteiger partial charge in [-0.3, -0.25) is 4.68 Å². The Bertz CT molecular complexity index is 741. The van der Waals surface area contributed by atoms with Crippen LogP contribution in [0.4, 0.5) is 4.79 Å². The maximum atomic E-state index is 12.4. The zero-order valence-corrected chi connectivity index (χ0v) is 15.2. The number of aromatic nitrogens is 2. The highest BCUT2D eigenvalue weighted by Crippen LogP contribution is 2.33. The molecule has 1 heterocycles. The van der Waals surface area contributed by atoms with Crippen LogP contribution in [-0.2, 0) is 20.0 Å². The van der Waals surface area contributed by atoms with Gasteiger partial charge < -0.3 is 15.0 Å². The van der Waals surface area contributed by atoms with Gasteiger partial charge in [-0.25, -0.2) is 4.79 Å². The van der Waals surface area contributed by atoms with E-state index in [1.165, 1.54) is 11.1 Å². The lowest BCUT2D eigenvalue weighted by Crippen LogP contribution is -2.39. The summed E-state index contributed by atoms with van der Waals surface area (Å²) < 4.78 is 7.06. The molecule has 0 saturated heterocycles. The van der Waals surface area contributed by atoms with Crippen LogP contribution in [0.15, 0.2) is 30.6 Å². The first kappa shape index (κ1) is 17.3. The molecular formula is C19H26N4O2. The van der Waals surface area contributed by atoms with Crippen molar-refractivity contribution in [3.8, 4) is 5.75 Å². The molecule has 134 valence electrons. The largest absolute Gasteiger partial charge is 0.497 e. The summed E-state index contributed by atoms with van der Waals surface area (Å²) in [5.41, 5.74) is 3.70. The van der Waals surface area contributed by atoms with Gasteiger partial charge in [0, 0.05) is 38.3 Å². The molecule has 0 fully saturated rings. The summed E-state index contributed by atoms with van der Waals surface area (Å²) in [7, 11) is 5.38. The molecule has 0 bridgehead atoms. The number of nitrogens with zero attached hydrogens (tertiary/aromatic N) is 3. The third-order valence-corrected chi connectivity index (χ3v) is 4.81. The fraction of sp³-hybridized carbons (Fsp3) is 0.474. The lowest BCUT2D eigenvalue weighted by atomic mass is 9.82. The molecule has 1 aliphatic rings. The number of methoxy groups -OCH3 is 1. The molecule has 0 spiro atoms. The van der Waals surface area contributed by atoms with Gasteiger partial charge in [-0.15, -0.1) is 0 Å². The summed E-state index contributed by atoms with van der Waals surface area (Å²) in [6, 6.07) is 6.22. The van der Waals surface area contributed by atoms with Crippen LogP contribution in [0.25, 0.3) is 0 Å². The van der Waals surface area contributed by atoms with Crippen LogP contribution < -0.4 is 10.1 Å². The maximum Gasteiger partial charge on any atom is 0.317 e. The van der Waals surface area contributed by atoms with E-state index in [0.29, 0.717) is 19.0 Å².